The molecule has 1 aromatic carbocycles. The van der Waals surface area contributed by atoms with Gasteiger partial charge in [0.15, 0.2) is 0 Å². The SMILES string of the molecule is Cc1cc(OCCc2ccncc2)c(C)cc1N. The number of nitrogens with two attached hydrogens (primary N) is 1. The van der Waals surface area contributed by atoms with Crippen molar-refractivity contribution in [3.05, 3.63) is 53.3 Å². The summed E-state index contributed by atoms with van der Waals surface area (Å²) in [5.41, 5.74) is 10.0. The number of aromatic nitrogens is 1. The lowest BCUT2D eigenvalue weighted by atomic mass is 10.1. The predicted octanol–water partition coefficient (Wildman–Crippen LogP) is 2.90. The van der Waals surface area contributed by atoms with Crippen LogP contribution in [0, 0.1) is 13.8 Å². The highest BCUT2D eigenvalue weighted by molar-refractivity contribution is 5.53. The molecule has 1 heterocycles. The Hall–Kier alpha value is -2.03. The Morgan fingerprint density at radius 1 is 1.11 bits per heavy atom. The molecule has 1 aromatic heterocycles. The van der Waals surface area contributed by atoms with Gasteiger partial charge in [-0.3, -0.25) is 4.98 Å². The predicted molar refractivity (Wildman–Crippen MR) is 73.8 cm³/mol. The molecule has 0 saturated heterocycles. The lowest BCUT2D eigenvalue weighted by Gasteiger charge is -2.11. The number of hydrogen-bond acceptors (Lipinski definition) is 3. The average molecular weight is 242 g/mol. The van der Waals surface area contributed by atoms with Gasteiger partial charge in [0.25, 0.3) is 0 Å². The van der Waals surface area contributed by atoms with E-state index in [-0.39, 0.29) is 0 Å². The van der Waals surface area contributed by atoms with Crippen molar-refractivity contribution in [2.45, 2.75) is 20.3 Å². The molecule has 3 heteroatoms. The fourth-order valence-electron chi connectivity index (χ4n) is 1.80. The van der Waals surface area contributed by atoms with E-state index in [1.807, 2.05) is 38.1 Å². The van der Waals surface area contributed by atoms with Crippen LogP contribution in [0.1, 0.15) is 16.7 Å². The van der Waals surface area contributed by atoms with E-state index in [9.17, 15) is 0 Å². The largest absolute Gasteiger partial charge is 0.493 e. The summed E-state index contributed by atoms with van der Waals surface area (Å²) in [7, 11) is 0. The molecule has 2 rings (SSSR count). The first-order valence-corrected chi connectivity index (χ1v) is 6.05. The first-order valence-electron chi connectivity index (χ1n) is 6.05. The number of benzene rings is 1. The van der Waals surface area contributed by atoms with Crippen LogP contribution in [0.5, 0.6) is 5.75 Å². The smallest absolute Gasteiger partial charge is 0.122 e. The molecule has 0 aliphatic carbocycles. The summed E-state index contributed by atoms with van der Waals surface area (Å²) in [5.74, 6) is 0.913. The number of nitrogens with zero attached hydrogens (tertiary/aromatic N) is 1. The Labute approximate surface area is 108 Å². The second-order valence-corrected chi connectivity index (χ2v) is 4.43. The maximum absolute atomic E-state index is 5.85. The van der Waals surface area contributed by atoms with E-state index in [0.29, 0.717) is 6.61 Å². The molecule has 0 spiro atoms. The number of anilines is 1. The molecule has 0 amide bonds. The fraction of sp³-hybridized carbons (Fsp3) is 0.267. The van der Waals surface area contributed by atoms with Crippen LogP contribution in [0.25, 0.3) is 0 Å². The first-order chi connectivity index (χ1) is 8.66. The Morgan fingerprint density at radius 3 is 2.56 bits per heavy atom. The number of aryl methyl sites for hydroxylation is 2. The van der Waals surface area contributed by atoms with Crippen molar-refractivity contribution in [2.24, 2.45) is 0 Å². The summed E-state index contributed by atoms with van der Waals surface area (Å²) >= 11 is 0. The molecule has 0 bridgehead atoms. The highest BCUT2D eigenvalue weighted by atomic mass is 16.5. The zero-order valence-corrected chi connectivity index (χ0v) is 10.8. The molecule has 0 aliphatic rings. The Balaban J connectivity index is 1.97. The van der Waals surface area contributed by atoms with Crippen LogP contribution in [0.15, 0.2) is 36.7 Å². The van der Waals surface area contributed by atoms with Gasteiger partial charge in [-0.15, -0.1) is 0 Å². The topological polar surface area (TPSA) is 48.1 Å². The molecule has 2 aromatic rings. The van der Waals surface area contributed by atoms with Crippen LogP contribution in [0.4, 0.5) is 5.69 Å². The Kier molecular flexibility index (Phi) is 3.82. The van der Waals surface area contributed by atoms with Gasteiger partial charge < -0.3 is 10.5 Å². The number of nitrogen functional groups attached to an aromatic ring is 1. The summed E-state index contributed by atoms with van der Waals surface area (Å²) in [6, 6.07) is 7.96. The second kappa shape index (κ2) is 5.54. The zero-order valence-electron chi connectivity index (χ0n) is 10.8. The Bertz CT molecular complexity index is 524. The molecule has 0 radical (unpaired) electrons. The van der Waals surface area contributed by atoms with Gasteiger partial charge in [-0.25, -0.2) is 0 Å². The number of pyridine rings is 1. The lowest BCUT2D eigenvalue weighted by molar-refractivity contribution is 0.319. The molecule has 0 fully saturated rings. The van der Waals surface area contributed by atoms with E-state index < -0.39 is 0 Å². The van der Waals surface area contributed by atoms with Crippen LogP contribution in [0.2, 0.25) is 0 Å². The molecule has 0 aliphatic heterocycles. The normalized spacial score (nSPS) is 10.3. The minimum absolute atomic E-state index is 0.661. The van der Waals surface area contributed by atoms with Crippen molar-refractivity contribution >= 4 is 5.69 Å². The molecule has 0 saturated carbocycles. The van der Waals surface area contributed by atoms with Crippen molar-refractivity contribution in [1.82, 2.24) is 4.98 Å². The van der Waals surface area contributed by atoms with Gasteiger partial charge in [0.05, 0.1) is 6.61 Å². The van der Waals surface area contributed by atoms with E-state index in [1.165, 1.54) is 5.56 Å². The highest BCUT2D eigenvalue weighted by Crippen LogP contribution is 2.24. The molecular formula is C15H18N2O. The molecule has 0 atom stereocenters. The van der Waals surface area contributed by atoms with Crippen LogP contribution >= 0.6 is 0 Å². The number of hydrogen-bond donors (Lipinski definition) is 1. The van der Waals surface area contributed by atoms with E-state index in [2.05, 4.69) is 4.98 Å². The average Bonchev–Trinajstić information content (AvgIpc) is 2.37. The molecule has 3 nitrogen and oxygen atoms in total. The summed E-state index contributed by atoms with van der Waals surface area (Å²) < 4.78 is 5.80. The molecule has 0 unspecified atom stereocenters. The quantitative estimate of drug-likeness (QED) is 0.839. The third-order valence-electron chi connectivity index (χ3n) is 2.96. The maximum atomic E-state index is 5.85. The monoisotopic (exact) mass is 242 g/mol. The summed E-state index contributed by atoms with van der Waals surface area (Å²) in [6.45, 7) is 4.66. The van der Waals surface area contributed by atoms with Gasteiger partial charge in [0, 0.05) is 24.5 Å². The van der Waals surface area contributed by atoms with Gasteiger partial charge in [-0.05, 0) is 54.8 Å². The summed E-state index contributed by atoms with van der Waals surface area (Å²) in [6.07, 6.45) is 4.48. The fourth-order valence-corrected chi connectivity index (χ4v) is 1.80. The minimum Gasteiger partial charge on any atom is -0.493 e. The molecule has 18 heavy (non-hydrogen) atoms. The standard InChI is InChI=1S/C15H18N2O/c1-11-10-15(12(2)9-14(11)16)18-8-5-13-3-6-17-7-4-13/h3-4,6-7,9-10H,5,8,16H2,1-2H3. The van der Waals surface area contributed by atoms with E-state index >= 15 is 0 Å². The van der Waals surface area contributed by atoms with Crippen molar-refractivity contribution < 1.29 is 4.74 Å². The van der Waals surface area contributed by atoms with E-state index in [4.69, 9.17) is 10.5 Å². The van der Waals surface area contributed by atoms with Crippen molar-refractivity contribution in [3.63, 3.8) is 0 Å². The Morgan fingerprint density at radius 2 is 1.83 bits per heavy atom. The summed E-state index contributed by atoms with van der Waals surface area (Å²) in [4.78, 5) is 3.99. The molecule has 2 N–H and O–H groups in total. The van der Waals surface area contributed by atoms with Gasteiger partial charge >= 0.3 is 0 Å². The minimum atomic E-state index is 0.661. The maximum Gasteiger partial charge on any atom is 0.122 e. The number of ether oxygens (including phenoxy) is 1. The van der Waals surface area contributed by atoms with Gasteiger partial charge in [0.1, 0.15) is 5.75 Å². The van der Waals surface area contributed by atoms with Crippen LogP contribution < -0.4 is 10.5 Å². The van der Waals surface area contributed by atoms with Crippen LogP contribution in [0.3, 0.4) is 0 Å². The third kappa shape index (κ3) is 3.00. The second-order valence-electron chi connectivity index (χ2n) is 4.43. The summed E-state index contributed by atoms with van der Waals surface area (Å²) in [5, 5.41) is 0. The zero-order chi connectivity index (χ0) is 13.0. The van der Waals surface area contributed by atoms with Crippen molar-refractivity contribution in [1.29, 1.82) is 0 Å². The highest BCUT2D eigenvalue weighted by Gasteiger charge is 2.03. The lowest BCUT2D eigenvalue weighted by Crippen LogP contribution is -2.03. The van der Waals surface area contributed by atoms with E-state index in [0.717, 1.165) is 29.0 Å². The van der Waals surface area contributed by atoms with Crippen LogP contribution in [-0.2, 0) is 6.42 Å². The van der Waals surface area contributed by atoms with Crippen molar-refractivity contribution in [2.75, 3.05) is 12.3 Å². The van der Waals surface area contributed by atoms with Gasteiger partial charge in [0.2, 0.25) is 0 Å². The third-order valence-corrected chi connectivity index (χ3v) is 2.96. The van der Waals surface area contributed by atoms with E-state index in [1.54, 1.807) is 12.4 Å². The van der Waals surface area contributed by atoms with Gasteiger partial charge in [-0.1, -0.05) is 0 Å². The molecule has 94 valence electrons. The van der Waals surface area contributed by atoms with Crippen molar-refractivity contribution in [3.8, 4) is 5.75 Å². The van der Waals surface area contributed by atoms with Gasteiger partial charge in [-0.2, -0.15) is 0 Å². The first kappa shape index (κ1) is 12.4. The van der Waals surface area contributed by atoms with Crippen LogP contribution in [-0.4, -0.2) is 11.6 Å². The number of rotatable bonds is 4. The molecular weight excluding hydrogens is 224 g/mol.